The van der Waals surface area contributed by atoms with E-state index < -0.39 is 36.6 Å². The average Bonchev–Trinajstić information content (AvgIpc) is 3.35. The van der Waals surface area contributed by atoms with E-state index in [0.29, 0.717) is 5.76 Å². The summed E-state index contributed by atoms with van der Waals surface area (Å²) >= 11 is 0. The second-order valence-electron chi connectivity index (χ2n) is 7.39. The molecule has 0 saturated carbocycles. The number of aliphatic hydroxyl groups is 1. The van der Waals surface area contributed by atoms with Crippen LogP contribution in [0.2, 0.25) is 0 Å². The molecule has 0 aromatic carbocycles. The number of piperazine rings is 1. The van der Waals surface area contributed by atoms with Crippen molar-refractivity contribution in [3.05, 3.63) is 41.9 Å². The van der Waals surface area contributed by atoms with Crippen LogP contribution in [0.15, 0.2) is 28.9 Å². The van der Waals surface area contributed by atoms with E-state index in [1.54, 1.807) is 24.0 Å². The minimum absolute atomic E-state index is 0.219. The molecule has 2 N–H and O–H groups in total. The Labute approximate surface area is 176 Å². The monoisotopic (exact) mass is 443 g/mol. The molecule has 1 aliphatic rings. The maximum Gasteiger partial charge on any atom is 0.424 e. The second kappa shape index (κ2) is 8.61. The number of carbonyl (C=O) groups excluding carboxylic acids is 2. The van der Waals surface area contributed by atoms with Gasteiger partial charge >= 0.3 is 12.2 Å². The summed E-state index contributed by atoms with van der Waals surface area (Å²) in [6.07, 6.45) is -3.29. The van der Waals surface area contributed by atoms with Gasteiger partial charge in [-0.3, -0.25) is 4.79 Å². The molecule has 0 radical (unpaired) electrons. The van der Waals surface area contributed by atoms with Crippen molar-refractivity contribution in [1.82, 2.24) is 24.7 Å². The van der Waals surface area contributed by atoms with E-state index in [0.717, 1.165) is 10.8 Å². The molecule has 0 bridgehead atoms. The number of furan rings is 1. The number of hydrogen-bond donors (Lipinski definition) is 2. The molecule has 3 amide bonds. The van der Waals surface area contributed by atoms with Gasteiger partial charge in [0.15, 0.2) is 5.76 Å². The van der Waals surface area contributed by atoms with Gasteiger partial charge in [0, 0.05) is 58.6 Å². The van der Waals surface area contributed by atoms with Gasteiger partial charge in [0.2, 0.25) is 5.60 Å². The van der Waals surface area contributed by atoms with Gasteiger partial charge in [0.1, 0.15) is 11.6 Å². The summed E-state index contributed by atoms with van der Waals surface area (Å²) in [5, 5.41) is 12.7. The van der Waals surface area contributed by atoms with E-state index in [1.807, 2.05) is 0 Å². The first-order valence-corrected chi connectivity index (χ1v) is 9.68. The highest BCUT2D eigenvalue weighted by atomic mass is 19.4. The lowest BCUT2D eigenvalue weighted by Crippen LogP contribution is -2.54. The van der Waals surface area contributed by atoms with Crippen molar-refractivity contribution >= 4 is 11.9 Å². The second-order valence-corrected chi connectivity index (χ2v) is 7.39. The van der Waals surface area contributed by atoms with E-state index in [4.69, 9.17) is 4.42 Å². The Kier molecular flexibility index (Phi) is 6.30. The van der Waals surface area contributed by atoms with Crippen LogP contribution in [0.5, 0.6) is 0 Å². The zero-order valence-electron chi connectivity index (χ0n) is 17.1. The summed E-state index contributed by atoms with van der Waals surface area (Å²) in [4.78, 5) is 31.3. The van der Waals surface area contributed by atoms with Gasteiger partial charge in [-0.25, -0.2) is 9.78 Å². The van der Waals surface area contributed by atoms with Crippen LogP contribution in [0.3, 0.4) is 0 Å². The molecular weight excluding hydrogens is 419 g/mol. The fraction of sp³-hybridized carbons (Fsp3) is 0.526. The first kappa shape index (κ1) is 22.7. The summed E-state index contributed by atoms with van der Waals surface area (Å²) in [6, 6.07) is 2.70. The largest absolute Gasteiger partial charge is 0.456 e. The summed E-state index contributed by atoms with van der Waals surface area (Å²) in [7, 11) is 1.35. The number of nitrogens with one attached hydrogen (secondary N) is 1. The van der Waals surface area contributed by atoms with Gasteiger partial charge in [0.25, 0.3) is 5.91 Å². The van der Waals surface area contributed by atoms with E-state index in [9.17, 15) is 27.9 Å². The van der Waals surface area contributed by atoms with Crippen molar-refractivity contribution in [2.45, 2.75) is 25.1 Å². The number of amides is 3. The number of imidazole rings is 1. The van der Waals surface area contributed by atoms with Gasteiger partial charge in [-0.1, -0.05) is 0 Å². The molecule has 1 atom stereocenters. The summed E-state index contributed by atoms with van der Waals surface area (Å²) in [5.74, 6) is 0.00912. The highest BCUT2D eigenvalue weighted by Gasteiger charge is 2.57. The Morgan fingerprint density at radius 1 is 1.19 bits per heavy atom. The van der Waals surface area contributed by atoms with Crippen molar-refractivity contribution in [3.63, 3.8) is 0 Å². The van der Waals surface area contributed by atoms with Crippen LogP contribution < -0.4 is 5.32 Å². The SMILES string of the molecule is Cc1ccc(C(=O)N2CCN(C(=O)NCCC(O)(c3nccn3C)C(F)(F)F)CC2)o1. The minimum Gasteiger partial charge on any atom is -0.456 e. The Hall–Kier alpha value is -3.02. The lowest BCUT2D eigenvalue weighted by Gasteiger charge is -2.35. The van der Waals surface area contributed by atoms with Crippen LogP contribution in [0.25, 0.3) is 0 Å². The fourth-order valence-electron chi connectivity index (χ4n) is 3.42. The Balaban J connectivity index is 1.52. The highest BCUT2D eigenvalue weighted by Crippen LogP contribution is 2.40. The van der Waals surface area contributed by atoms with E-state index in [1.165, 1.54) is 18.1 Å². The zero-order chi connectivity index (χ0) is 22.8. The Morgan fingerprint density at radius 2 is 1.84 bits per heavy atom. The molecule has 2 aromatic heterocycles. The normalized spacial score (nSPS) is 16.8. The summed E-state index contributed by atoms with van der Waals surface area (Å²) in [6.45, 7) is 2.30. The molecule has 1 unspecified atom stereocenters. The Bertz CT molecular complexity index is 933. The third-order valence-corrected chi connectivity index (χ3v) is 5.23. The summed E-state index contributed by atoms with van der Waals surface area (Å²) < 4.78 is 47.0. The molecule has 3 rings (SSSR count). The van der Waals surface area contributed by atoms with Crippen molar-refractivity contribution in [2.75, 3.05) is 32.7 Å². The molecule has 2 aromatic rings. The molecule has 170 valence electrons. The number of aryl methyl sites for hydroxylation is 2. The third-order valence-electron chi connectivity index (χ3n) is 5.23. The van der Waals surface area contributed by atoms with Gasteiger partial charge in [-0.05, 0) is 19.1 Å². The number of aromatic nitrogens is 2. The standard InChI is InChI=1S/C19H24F3N5O4/c1-13-3-4-14(31-13)15(28)26-9-11-27(12-10-26)17(29)24-6-5-18(30,19(20,21)22)16-23-7-8-25(16)2/h3-4,7-8,30H,5-6,9-12H2,1-2H3,(H,24,29). The topological polar surface area (TPSA) is 104 Å². The van der Waals surface area contributed by atoms with Gasteiger partial charge in [0.05, 0.1) is 0 Å². The van der Waals surface area contributed by atoms with Crippen molar-refractivity contribution < 1.29 is 32.3 Å². The van der Waals surface area contributed by atoms with Gasteiger partial charge in [-0.2, -0.15) is 13.2 Å². The van der Waals surface area contributed by atoms with Crippen LogP contribution in [0.4, 0.5) is 18.0 Å². The maximum atomic E-state index is 13.5. The third kappa shape index (κ3) is 4.68. The summed E-state index contributed by atoms with van der Waals surface area (Å²) in [5.41, 5.74) is -3.19. The van der Waals surface area contributed by atoms with Crippen LogP contribution in [-0.2, 0) is 12.6 Å². The molecule has 1 saturated heterocycles. The minimum atomic E-state index is -4.97. The molecule has 1 fully saturated rings. The van der Waals surface area contributed by atoms with Gasteiger partial charge < -0.3 is 29.2 Å². The molecule has 12 heteroatoms. The number of carbonyl (C=O) groups is 2. The predicted octanol–water partition coefficient (Wildman–Crippen LogP) is 1.63. The predicted molar refractivity (Wildman–Crippen MR) is 102 cm³/mol. The number of rotatable bonds is 5. The molecule has 0 aliphatic carbocycles. The van der Waals surface area contributed by atoms with Crippen molar-refractivity contribution in [1.29, 1.82) is 0 Å². The average molecular weight is 443 g/mol. The molecule has 0 spiro atoms. The molecule has 3 heterocycles. The molecular formula is C19H24F3N5O4. The number of urea groups is 1. The molecule has 31 heavy (non-hydrogen) atoms. The van der Waals surface area contributed by atoms with Crippen LogP contribution in [0.1, 0.15) is 28.6 Å². The van der Waals surface area contributed by atoms with Crippen molar-refractivity contribution in [3.8, 4) is 0 Å². The molecule has 1 aliphatic heterocycles. The smallest absolute Gasteiger partial charge is 0.424 e. The maximum absolute atomic E-state index is 13.5. The van der Waals surface area contributed by atoms with Crippen LogP contribution in [0, 0.1) is 6.92 Å². The van der Waals surface area contributed by atoms with E-state index in [-0.39, 0.29) is 37.8 Å². The number of hydrogen-bond acceptors (Lipinski definition) is 5. The van der Waals surface area contributed by atoms with Crippen LogP contribution >= 0.6 is 0 Å². The molecule has 9 nitrogen and oxygen atoms in total. The first-order valence-electron chi connectivity index (χ1n) is 9.68. The lowest BCUT2D eigenvalue weighted by molar-refractivity contribution is -0.272. The fourth-order valence-corrected chi connectivity index (χ4v) is 3.42. The van der Waals surface area contributed by atoms with E-state index >= 15 is 0 Å². The van der Waals surface area contributed by atoms with Gasteiger partial charge in [-0.15, -0.1) is 0 Å². The first-order chi connectivity index (χ1) is 14.5. The van der Waals surface area contributed by atoms with E-state index in [2.05, 4.69) is 10.3 Å². The van der Waals surface area contributed by atoms with Crippen LogP contribution in [-0.4, -0.2) is 75.3 Å². The van der Waals surface area contributed by atoms with Crippen molar-refractivity contribution in [2.24, 2.45) is 7.05 Å². The number of halogens is 3. The zero-order valence-corrected chi connectivity index (χ0v) is 17.1. The number of alkyl halides is 3. The lowest BCUT2D eigenvalue weighted by atomic mass is 9.97. The number of nitrogens with zero attached hydrogens (tertiary/aromatic N) is 4. The highest BCUT2D eigenvalue weighted by molar-refractivity contribution is 5.91. The Morgan fingerprint density at radius 3 is 2.35 bits per heavy atom. The quantitative estimate of drug-likeness (QED) is 0.731.